The highest BCUT2D eigenvalue weighted by Crippen LogP contribution is 2.07. The van der Waals surface area contributed by atoms with Gasteiger partial charge in [0.15, 0.2) is 0 Å². The number of aliphatic hydroxyl groups is 1. The Bertz CT molecular complexity index is 207. The maximum Gasteiger partial charge on any atom is 0.129 e. The van der Waals surface area contributed by atoms with Crippen molar-refractivity contribution in [3.05, 3.63) is 0 Å². The fraction of sp³-hybridized carbons (Fsp3) is 0.846. The van der Waals surface area contributed by atoms with E-state index in [4.69, 9.17) is 0 Å². The van der Waals surface area contributed by atoms with Crippen molar-refractivity contribution in [3.8, 4) is 11.5 Å². The van der Waals surface area contributed by atoms with Gasteiger partial charge in [-0.3, -0.25) is 0 Å². The van der Waals surface area contributed by atoms with E-state index in [1.807, 2.05) is 0 Å². The second-order valence-corrected chi connectivity index (χ2v) is 9.99. The second-order valence-electron chi connectivity index (χ2n) is 5.24. The topological polar surface area (TPSA) is 20.2 Å². The van der Waals surface area contributed by atoms with E-state index in [0.29, 0.717) is 0 Å². The Morgan fingerprint density at radius 1 is 1.13 bits per heavy atom. The van der Waals surface area contributed by atoms with Crippen LogP contribution in [0.2, 0.25) is 19.6 Å². The summed E-state index contributed by atoms with van der Waals surface area (Å²) in [7, 11) is -1.20. The molecule has 0 aromatic carbocycles. The van der Waals surface area contributed by atoms with E-state index in [2.05, 4.69) is 38.0 Å². The zero-order valence-electron chi connectivity index (χ0n) is 10.8. The highest BCUT2D eigenvalue weighted by atomic mass is 28.3. The fourth-order valence-electron chi connectivity index (χ4n) is 1.34. The molecular weight excluding hydrogens is 200 g/mol. The average Bonchev–Trinajstić information content (AvgIpc) is 2.11. The molecule has 0 heterocycles. The number of unbranched alkanes of at least 4 members (excludes halogenated alkanes) is 2. The lowest BCUT2D eigenvalue weighted by Gasteiger charge is -2.08. The van der Waals surface area contributed by atoms with Gasteiger partial charge >= 0.3 is 0 Å². The van der Waals surface area contributed by atoms with Crippen LogP contribution in [0.4, 0.5) is 0 Å². The van der Waals surface area contributed by atoms with Crippen LogP contribution in [-0.2, 0) is 0 Å². The maximum absolute atomic E-state index is 9.65. The standard InChI is InChI=1S/C13H26OSi/c1-5-6-7-10-13(14)11-8-9-12-15(2,3)4/h13-14H,5-8,10-11H2,1-4H3/t13-/m1/s1. The van der Waals surface area contributed by atoms with Gasteiger partial charge in [0.2, 0.25) is 0 Å². The Morgan fingerprint density at radius 2 is 1.80 bits per heavy atom. The van der Waals surface area contributed by atoms with E-state index >= 15 is 0 Å². The molecule has 1 atom stereocenters. The van der Waals surface area contributed by atoms with Gasteiger partial charge in [-0.15, -0.1) is 11.5 Å². The first-order valence-corrected chi connectivity index (χ1v) is 9.64. The maximum atomic E-state index is 9.65. The lowest BCUT2D eigenvalue weighted by molar-refractivity contribution is 0.153. The van der Waals surface area contributed by atoms with Crippen LogP contribution in [0.25, 0.3) is 0 Å². The lowest BCUT2D eigenvalue weighted by atomic mass is 10.1. The number of hydrogen-bond donors (Lipinski definition) is 1. The average molecular weight is 226 g/mol. The molecule has 0 aromatic rings. The van der Waals surface area contributed by atoms with Gasteiger partial charge in [-0.25, -0.2) is 0 Å². The Hall–Kier alpha value is -0.263. The summed E-state index contributed by atoms with van der Waals surface area (Å²) >= 11 is 0. The van der Waals surface area contributed by atoms with Crippen LogP contribution in [0, 0.1) is 11.5 Å². The van der Waals surface area contributed by atoms with Crippen molar-refractivity contribution in [2.75, 3.05) is 0 Å². The summed E-state index contributed by atoms with van der Waals surface area (Å²) in [5.41, 5.74) is 3.32. The molecule has 0 fully saturated rings. The van der Waals surface area contributed by atoms with Gasteiger partial charge in [-0.2, -0.15) is 0 Å². The van der Waals surface area contributed by atoms with E-state index in [-0.39, 0.29) is 6.10 Å². The first-order chi connectivity index (χ1) is 6.95. The molecule has 0 saturated carbocycles. The van der Waals surface area contributed by atoms with Crippen molar-refractivity contribution in [2.45, 2.75) is 71.2 Å². The van der Waals surface area contributed by atoms with Crippen molar-refractivity contribution < 1.29 is 5.11 Å². The van der Waals surface area contributed by atoms with Crippen LogP contribution >= 0.6 is 0 Å². The molecule has 1 nitrogen and oxygen atoms in total. The van der Waals surface area contributed by atoms with Crippen molar-refractivity contribution in [1.29, 1.82) is 0 Å². The molecule has 0 radical (unpaired) electrons. The van der Waals surface area contributed by atoms with Gasteiger partial charge in [0.1, 0.15) is 8.07 Å². The van der Waals surface area contributed by atoms with Crippen LogP contribution in [0.3, 0.4) is 0 Å². The summed E-state index contributed by atoms with van der Waals surface area (Å²) in [6.45, 7) is 8.93. The normalized spacial score (nSPS) is 13.1. The molecule has 0 bridgehead atoms. The third-order valence-electron chi connectivity index (χ3n) is 2.21. The molecule has 0 amide bonds. The van der Waals surface area contributed by atoms with Gasteiger partial charge in [0.05, 0.1) is 6.10 Å². The van der Waals surface area contributed by atoms with Gasteiger partial charge in [0.25, 0.3) is 0 Å². The highest BCUT2D eigenvalue weighted by molar-refractivity contribution is 6.83. The van der Waals surface area contributed by atoms with E-state index in [1.54, 1.807) is 0 Å². The molecule has 88 valence electrons. The predicted octanol–water partition coefficient (Wildman–Crippen LogP) is 3.59. The molecule has 0 aliphatic rings. The van der Waals surface area contributed by atoms with E-state index in [9.17, 15) is 5.11 Å². The zero-order valence-corrected chi connectivity index (χ0v) is 11.8. The first kappa shape index (κ1) is 14.7. The van der Waals surface area contributed by atoms with Crippen molar-refractivity contribution >= 4 is 8.07 Å². The number of aliphatic hydroxyl groups excluding tert-OH is 1. The van der Waals surface area contributed by atoms with Gasteiger partial charge in [0, 0.05) is 6.42 Å². The van der Waals surface area contributed by atoms with Crippen LogP contribution in [0.15, 0.2) is 0 Å². The van der Waals surface area contributed by atoms with Crippen LogP contribution in [-0.4, -0.2) is 19.3 Å². The minimum Gasteiger partial charge on any atom is -0.393 e. The minimum atomic E-state index is -1.20. The molecule has 0 rings (SSSR count). The van der Waals surface area contributed by atoms with Crippen LogP contribution in [0.1, 0.15) is 45.4 Å². The Labute approximate surface area is 96.3 Å². The van der Waals surface area contributed by atoms with E-state index in [1.165, 1.54) is 12.8 Å². The fourth-order valence-corrected chi connectivity index (χ4v) is 2.00. The Balaban J connectivity index is 3.53. The molecule has 0 aliphatic heterocycles. The molecule has 1 N–H and O–H groups in total. The number of rotatable bonds is 6. The molecule has 15 heavy (non-hydrogen) atoms. The summed E-state index contributed by atoms with van der Waals surface area (Å²) in [4.78, 5) is 0. The molecule has 0 saturated heterocycles. The monoisotopic (exact) mass is 226 g/mol. The third kappa shape index (κ3) is 11.7. The summed E-state index contributed by atoms with van der Waals surface area (Å²) in [5.74, 6) is 3.20. The Kier molecular flexibility index (Phi) is 7.82. The van der Waals surface area contributed by atoms with Crippen LogP contribution in [0.5, 0.6) is 0 Å². The van der Waals surface area contributed by atoms with Gasteiger partial charge < -0.3 is 5.11 Å². The van der Waals surface area contributed by atoms with Crippen molar-refractivity contribution in [2.24, 2.45) is 0 Å². The molecule has 0 aliphatic carbocycles. The summed E-state index contributed by atoms with van der Waals surface area (Å²) in [6.07, 6.45) is 6.13. The second kappa shape index (κ2) is 7.96. The zero-order chi connectivity index (χ0) is 11.7. The minimum absolute atomic E-state index is 0.132. The molecule has 2 heteroatoms. The van der Waals surface area contributed by atoms with Crippen molar-refractivity contribution in [1.82, 2.24) is 0 Å². The quantitative estimate of drug-likeness (QED) is 0.417. The predicted molar refractivity (Wildman–Crippen MR) is 70.5 cm³/mol. The Morgan fingerprint density at radius 3 is 2.33 bits per heavy atom. The van der Waals surface area contributed by atoms with E-state index < -0.39 is 8.07 Å². The third-order valence-corrected chi connectivity index (χ3v) is 3.13. The lowest BCUT2D eigenvalue weighted by Crippen LogP contribution is -2.16. The summed E-state index contributed by atoms with van der Waals surface area (Å²) in [5, 5.41) is 9.65. The van der Waals surface area contributed by atoms with E-state index in [0.717, 1.165) is 25.7 Å². The largest absolute Gasteiger partial charge is 0.393 e. The van der Waals surface area contributed by atoms with Gasteiger partial charge in [-0.05, 0) is 12.8 Å². The molecule has 0 unspecified atom stereocenters. The SMILES string of the molecule is CCCCC[C@@H](O)CCC#C[Si](C)(C)C. The molecule has 0 aromatic heterocycles. The number of hydrogen-bond acceptors (Lipinski definition) is 1. The first-order valence-electron chi connectivity index (χ1n) is 6.14. The van der Waals surface area contributed by atoms with Crippen LogP contribution < -0.4 is 0 Å². The molecule has 0 spiro atoms. The van der Waals surface area contributed by atoms with Crippen molar-refractivity contribution in [3.63, 3.8) is 0 Å². The molecular formula is C13H26OSi. The summed E-state index contributed by atoms with van der Waals surface area (Å²) in [6, 6.07) is 0. The smallest absolute Gasteiger partial charge is 0.129 e. The van der Waals surface area contributed by atoms with Gasteiger partial charge in [-0.1, -0.05) is 45.8 Å². The highest BCUT2D eigenvalue weighted by Gasteiger charge is 2.07. The summed E-state index contributed by atoms with van der Waals surface area (Å²) < 4.78 is 0.